The van der Waals surface area contributed by atoms with Crippen molar-refractivity contribution in [2.45, 2.75) is 26.8 Å². The first-order valence-corrected chi connectivity index (χ1v) is 7.06. The molecule has 5 nitrogen and oxygen atoms in total. The lowest BCUT2D eigenvalue weighted by molar-refractivity contribution is 0.0697. The zero-order valence-corrected chi connectivity index (χ0v) is 12.0. The van der Waals surface area contributed by atoms with Gasteiger partial charge in [0, 0.05) is 6.54 Å². The summed E-state index contributed by atoms with van der Waals surface area (Å²) in [6, 6.07) is 5.09. The first-order chi connectivity index (χ1) is 9.65. The molecule has 0 aliphatic rings. The minimum atomic E-state index is -0.914. The number of aryl methyl sites for hydroxylation is 1. The van der Waals surface area contributed by atoms with Crippen LogP contribution in [0.25, 0.3) is 11.0 Å². The number of nitrogens with zero attached hydrogens (tertiary/aromatic N) is 3. The van der Waals surface area contributed by atoms with Gasteiger partial charge in [-0.2, -0.15) is 0 Å². The summed E-state index contributed by atoms with van der Waals surface area (Å²) >= 11 is 0. The zero-order valence-electron chi connectivity index (χ0n) is 12.0. The molecule has 2 rings (SSSR count). The molecule has 5 heteroatoms. The van der Waals surface area contributed by atoms with Crippen LogP contribution in [0.1, 0.15) is 30.6 Å². The second-order valence-corrected chi connectivity index (χ2v) is 4.83. The van der Waals surface area contributed by atoms with Gasteiger partial charge in [0.15, 0.2) is 0 Å². The molecule has 0 aliphatic carbocycles. The third kappa shape index (κ3) is 3.17. The van der Waals surface area contributed by atoms with Crippen molar-refractivity contribution in [2.24, 2.45) is 0 Å². The maximum absolute atomic E-state index is 10.9. The summed E-state index contributed by atoms with van der Waals surface area (Å²) in [5.74, 6) is -0.914. The Balaban J connectivity index is 2.06. The van der Waals surface area contributed by atoms with E-state index in [9.17, 15) is 4.79 Å². The molecule has 0 radical (unpaired) electrons. The van der Waals surface area contributed by atoms with E-state index in [-0.39, 0.29) is 5.56 Å². The summed E-state index contributed by atoms with van der Waals surface area (Å²) in [4.78, 5) is 17.6. The van der Waals surface area contributed by atoms with Crippen LogP contribution in [0, 0.1) is 0 Å². The second-order valence-electron chi connectivity index (χ2n) is 4.83. The number of benzene rings is 1. The van der Waals surface area contributed by atoms with Gasteiger partial charge in [0.25, 0.3) is 0 Å². The summed E-state index contributed by atoms with van der Waals surface area (Å²) in [6.45, 7) is 8.46. The van der Waals surface area contributed by atoms with Gasteiger partial charge in [-0.1, -0.05) is 13.8 Å². The van der Waals surface area contributed by atoms with Gasteiger partial charge in [-0.05, 0) is 44.3 Å². The third-order valence-corrected chi connectivity index (χ3v) is 3.64. The number of fused-ring (bicyclic) bond motifs is 1. The van der Waals surface area contributed by atoms with Gasteiger partial charge in [-0.25, -0.2) is 9.78 Å². The van der Waals surface area contributed by atoms with Crippen LogP contribution in [-0.2, 0) is 6.54 Å². The fourth-order valence-electron chi connectivity index (χ4n) is 2.38. The van der Waals surface area contributed by atoms with E-state index in [0.29, 0.717) is 0 Å². The van der Waals surface area contributed by atoms with Gasteiger partial charge >= 0.3 is 5.97 Å². The summed E-state index contributed by atoms with van der Waals surface area (Å²) in [5, 5.41) is 8.97. The maximum Gasteiger partial charge on any atom is 0.335 e. The van der Waals surface area contributed by atoms with Crippen LogP contribution in [0.15, 0.2) is 24.5 Å². The molecular formula is C15H21N3O2. The van der Waals surface area contributed by atoms with E-state index in [4.69, 9.17) is 5.11 Å². The number of aromatic carboxylic acids is 1. The fourth-order valence-corrected chi connectivity index (χ4v) is 2.38. The lowest BCUT2D eigenvalue weighted by Gasteiger charge is -2.17. The highest BCUT2D eigenvalue weighted by atomic mass is 16.4. The van der Waals surface area contributed by atoms with Crippen molar-refractivity contribution in [1.82, 2.24) is 14.5 Å². The van der Waals surface area contributed by atoms with Crippen molar-refractivity contribution in [3.63, 3.8) is 0 Å². The van der Waals surface area contributed by atoms with Crippen molar-refractivity contribution >= 4 is 17.0 Å². The van der Waals surface area contributed by atoms with Crippen molar-refractivity contribution in [1.29, 1.82) is 0 Å². The van der Waals surface area contributed by atoms with Crippen LogP contribution in [0.2, 0.25) is 0 Å². The van der Waals surface area contributed by atoms with Gasteiger partial charge in [-0.15, -0.1) is 0 Å². The maximum atomic E-state index is 10.9. The number of aromatic nitrogens is 2. The SMILES string of the molecule is CCN(CC)CCCn1cnc2cc(C(=O)O)ccc21. The molecule has 1 N–H and O–H groups in total. The summed E-state index contributed by atoms with van der Waals surface area (Å²) in [6.07, 6.45) is 2.85. The normalized spacial score (nSPS) is 11.3. The molecule has 1 aromatic heterocycles. The molecule has 0 amide bonds. The largest absolute Gasteiger partial charge is 0.478 e. The number of imidazole rings is 1. The molecule has 1 aromatic carbocycles. The molecule has 2 aromatic rings. The van der Waals surface area contributed by atoms with Crippen LogP contribution in [0.4, 0.5) is 0 Å². The molecule has 0 saturated heterocycles. The monoisotopic (exact) mass is 275 g/mol. The van der Waals surface area contributed by atoms with Gasteiger partial charge in [0.05, 0.1) is 22.9 Å². The van der Waals surface area contributed by atoms with E-state index in [1.54, 1.807) is 18.5 Å². The molecule has 1 heterocycles. The lowest BCUT2D eigenvalue weighted by Crippen LogP contribution is -2.24. The summed E-state index contributed by atoms with van der Waals surface area (Å²) in [7, 11) is 0. The van der Waals surface area contributed by atoms with Crippen molar-refractivity contribution in [2.75, 3.05) is 19.6 Å². The van der Waals surface area contributed by atoms with Crippen molar-refractivity contribution in [3.05, 3.63) is 30.1 Å². The van der Waals surface area contributed by atoms with Gasteiger partial charge in [0.1, 0.15) is 0 Å². The Hall–Kier alpha value is -1.88. The lowest BCUT2D eigenvalue weighted by atomic mass is 10.2. The van der Waals surface area contributed by atoms with Crippen LogP contribution in [0.5, 0.6) is 0 Å². The fraction of sp³-hybridized carbons (Fsp3) is 0.467. The Morgan fingerprint density at radius 2 is 2.10 bits per heavy atom. The number of carboxylic acids is 1. The molecule has 0 spiro atoms. The predicted octanol–water partition coefficient (Wildman–Crippen LogP) is 2.47. The minimum absolute atomic E-state index is 0.283. The Morgan fingerprint density at radius 3 is 2.75 bits per heavy atom. The molecular weight excluding hydrogens is 254 g/mol. The van der Waals surface area contributed by atoms with E-state index in [1.165, 1.54) is 0 Å². The van der Waals surface area contributed by atoms with Crippen molar-refractivity contribution in [3.8, 4) is 0 Å². The van der Waals surface area contributed by atoms with Crippen LogP contribution < -0.4 is 0 Å². The van der Waals surface area contributed by atoms with Gasteiger partial charge in [0.2, 0.25) is 0 Å². The first-order valence-electron chi connectivity index (χ1n) is 7.06. The Labute approximate surface area is 118 Å². The van der Waals surface area contributed by atoms with Crippen LogP contribution >= 0.6 is 0 Å². The smallest absolute Gasteiger partial charge is 0.335 e. The molecule has 0 saturated carbocycles. The van der Waals surface area contributed by atoms with E-state index in [2.05, 4.69) is 28.3 Å². The molecule has 0 fully saturated rings. The average Bonchev–Trinajstić information content (AvgIpc) is 2.86. The quantitative estimate of drug-likeness (QED) is 0.843. The first kappa shape index (κ1) is 14.5. The van der Waals surface area contributed by atoms with E-state index < -0.39 is 5.97 Å². The van der Waals surface area contributed by atoms with E-state index >= 15 is 0 Å². The highest BCUT2D eigenvalue weighted by molar-refractivity contribution is 5.92. The van der Waals surface area contributed by atoms with Gasteiger partial charge < -0.3 is 14.6 Å². The summed E-state index contributed by atoms with van der Waals surface area (Å²) in [5.41, 5.74) is 2.02. The number of rotatable bonds is 7. The Morgan fingerprint density at radius 1 is 1.35 bits per heavy atom. The number of hydrogen-bond donors (Lipinski definition) is 1. The minimum Gasteiger partial charge on any atom is -0.478 e. The molecule has 0 unspecified atom stereocenters. The summed E-state index contributed by atoms with van der Waals surface area (Å²) < 4.78 is 2.09. The third-order valence-electron chi connectivity index (χ3n) is 3.64. The van der Waals surface area contributed by atoms with E-state index in [1.807, 2.05) is 6.07 Å². The van der Waals surface area contributed by atoms with Crippen LogP contribution in [-0.4, -0.2) is 45.2 Å². The zero-order chi connectivity index (χ0) is 14.5. The topological polar surface area (TPSA) is 58.4 Å². The molecule has 0 bridgehead atoms. The van der Waals surface area contributed by atoms with Crippen LogP contribution in [0.3, 0.4) is 0 Å². The molecule has 108 valence electrons. The van der Waals surface area contributed by atoms with Crippen molar-refractivity contribution < 1.29 is 9.90 Å². The standard InChI is InChI=1S/C15H21N3O2/c1-3-17(4-2)8-5-9-18-11-16-13-10-12(15(19)20)6-7-14(13)18/h6-7,10-11H,3-5,8-9H2,1-2H3,(H,19,20). The molecule has 0 aliphatic heterocycles. The van der Waals surface area contributed by atoms with E-state index in [0.717, 1.165) is 43.6 Å². The average molecular weight is 275 g/mol. The molecule has 20 heavy (non-hydrogen) atoms. The highest BCUT2D eigenvalue weighted by Gasteiger charge is 2.08. The second kappa shape index (κ2) is 6.52. The highest BCUT2D eigenvalue weighted by Crippen LogP contribution is 2.15. The number of carboxylic acid groups (broad SMARTS) is 1. The molecule has 0 atom stereocenters. The Kier molecular flexibility index (Phi) is 4.74. The van der Waals surface area contributed by atoms with Gasteiger partial charge in [-0.3, -0.25) is 0 Å². The number of hydrogen-bond acceptors (Lipinski definition) is 3. The predicted molar refractivity (Wildman–Crippen MR) is 79.1 cm³/mol. The Bertz CT molecular complexity index is 588. The number of carbonyl (C=O) groups is 1.